The molecule has 0 aliphatic heterocycles. The average molecular weight is 272 g/mol. The summed E-state index contributed by atoms with van der Waals surface area (Å²) < 4.78 is 25.3. The van der Waals surface area contributed by atoms with Crippen molar-refractivity contribution in [1.82, 2.24) is 0 Å². The third-order valence-corrected chi connectivity index (χ3v) is 2.10. The molecule has 6 nitrogen and oxygen atoms in total. The molecule has 0 amide bonds. The number of hydrogen-bond donors (Lipinski definition) is 0. The summed E-state index contributed by atoms with van der Waals surface area (Å²) in [5.41, 5.74) is 0. The normalized spacial score (nSPS) is 10.3. The Kier molecular flexibility index (Phi) is 6.82. The van der Waals surface area contributed by atoms with E-state index in [1.165, 1.54) is 13.3 Å². The Labute approximate surface area is 105 Å². The van der Waals surface area contributed by atoms with Gasteiger partial charge in [-0.15, -0.1) is 12.8 Å². The molecule has 0 spiro atoms. The van der Waals surface area contributed by atoms with E-state index >= 15 is 0 Å². The van der Waals surface area contributed by atoms with Gasteiger partial charge in [-0.1, -0.05) is 11.8 Å². The summed E-state index contributed by atoms with van der Waals surface area (Å²) in [6.07, 6.45) is 8.03. The third kappa shape index (κ3) is 6.75. The van der Waals surface area contributed by atoms with Crippen LogP contribution in [0, 0.1) is 24.7 Å². The molecule has 0 heterocycles. The zero-order valence-electron chi connectivity index (χ0n) is 10.0. The van der Waals surface area contributed by atoms with Crippen LogP contribution in [0.3, 0.4) is 0 Å². The number of terminal acetylenes is 2. The SMILES string of the molecule is C#CCOC(=O)C(OP(C)(C)=O)C(=O)OCC#C. The summed E-state index contributed by atoms with van der Waals surface area (Å²) in [6, 6.07) is 0. The van der Waals surface area contributed by atoms with Crippen molar-refractivity contribution in [3.8, 4) is 24.7 Å². The maximum Gasteiger partial charge on any atom is 0.348 e. The first-order valence-electron chi connectivity index (χ1n) is 4.75. The molecule has 0 atom stereocenters. The van der Waals surface area contributed by atoms with Crippen LogP contribution >= 0.6 is 7.37 Å². The summed E-state index contributed by atoms with van der Waals surface area (Å²) in [5.74, 6) is 1.95. The van der Waals surface area contributed by atoms with Crippen LogP contribution in [-0.2, 0) is 28.2 Å². The van der Waals surface area contributed by atoms with Crippen LogP contribution in [0.1, 0.15) is 0 Å². The molecule has 0 N–H and O–H groups in total. The van der Waals surface area contributed by atoms with Crippen LogP contribution in [-0.4, -0.2) is 44.6 Å². The predicted octanol–water partition coefficient (Wildman–Crippen LogP) is 0.262. The lowest BCUT2D eigenvalue weighted by atomic mass is 10.4. The lowest BCUT2D eigenvalue weighted by Crippen LogP contribution is -2.35. The van der Waals surface area contributed by atoms with Crippen molar-refractivity contribution < 1.29 is 28.2 Å². The second kappa shape index (κ2) is 7.55. The molecule has 0 saturated carbocycles. The van der Waals surface area contributed by atoms with Gasteiger partial charge in [0, 0.05) is 13.3 Å². The highest BCUT2D eigenvalue weighted by molar-refractivity contribution is 7.57. The van der Waals surface area contributed by atoms with Gasteiger partial charge in [0.2, 0.25) is 0 Å². The maximum atomic E-state index is 11.5. The van der Waals surface area contributed by atoms with E-state index in [2.05, 4.69) is 9.47 Å². The van der Waals surface area contributed by atoms with E-state index in [9.17, 15) is 14.2 Å². The smallest absolute Gasteiger partial charge is 0.348 e. The van der Waals surface area contributed by atoms with E-state index in [1.54, 1.807) is 0 Å². The minimum absolute atomic E-state index is 0.334. The molecule has 7 heteroatoms. The molecule has 0 aliphatic rings. The predicted molar refractivity (Wildman–Crippen MR) is 63.9 cm³/mol. The van der Waals surface area contributed by atoms with Crippen molar-refractivity contribution >= 4 is 19.3 Å². The molecule has 0 fully saturated rings. The summed E-state index contributed by atoms with van der Waals surface area (Å²) >= 11 is 0. The first-order chi connectivity index (χ1) is 8.31. The number of carbonyl (C=O) groups excluding carboxylic acids is 2. The van der Waals surface area contributed by atoms with Crippen molar-refractivity contribution in [2.75, 3.05) is 26.5 Å². The second-order valence-corrected chi connectivity index (χ2v) is 6.08. The number of rotatable bonds is 6. The Bertz CT molecular complexity index is 405. The van der Waals surface area contributed by atoms with Gasteiger partial charge in [0.05, 0.1) is 0 Å². The molecule has 0 rings (SSSR count). The lowest BCUT2D eigenvalue weighted by molar-refractivity contribution is -0.165. The van der Waals surface area contributed by atoms with Gasteiger partial charge >= 0.3 is 11.9 Å². The molecule has 0 saturated heterocycles. The summed E-state index contributed by atoms with van der Waals surface area (Å²) in [7, 11) is -3.10. The molecule has 18 heavy (non-hydrogen) atoms. The zero-order valence-corrected chi connectivity index (χ0v) is 10.9. The van der Waals surface area contributed by atoms with E-state index in [4.69, 9.17) is 17.4 Å². The fourth-order valence-electron chi connectivity index (χ4n) is 0.813. The topological polar surface area (TPSA) is 78.9 Å². The molecular formula is C11H13O6P. The molecular weight excluding hydrogens is 259 g/mol. The largest absolute Gasteiger partial charge is 0.450 e. The van der Waals surface area contributed by atoms with Crippen LogP contribution in [0.15, 0.2) is 0 Å². The highest BCUT2D eigenvalue weighted by atomic mass is 31.2. The Morgan fingerprint density at radius 3 is 1.78 bits per heavy atom. The Hall–Kier alpha value is -1.75. The van der Waals surface area contributed by atoms with Gasteiger partial charge in [-0.25, -0.2) is 9.59 Å². The molecule has 0 aromatic heterocycles. The van der Waals surface area contributed by atoms with Crippen molar-refractivity contribution in [3.63, 3.8) is 0 Å². The number of carbonyl (C=O) groups is 2. The fourth-order valence-corrected chi connectivity index (χ4v) is 1.49. The Balaban J connectivity index is 4.78. The van der Waals surface area contributed by atoms with E-state index in [-0.39, 0.29) is 13.2 Å². The van der Waals surface area contributed by atoms with Gasteiger partial charge in [-0.05, 0) is 0 Å². The quantitative estimate of drug-likeness (QED) is 0.299. The molecule has 0 bridgehead atoms. The number of ether oxygens (including phenoxy) is 2. The average Bonchev–Trinajstić information content (AvgIpc) is 2.28. The monoisotopic (exact) mass is 272 g/mol. The van der Waals surface area contributed by atoms with E-state index in [0.29, 0.717) is 0 Å². The van der Waals surface area contributed by atoms with Gasteiger partial charge in [0.25, 0.3) is 6.10 Å². The number of hydrogen-bond acceptors (Lipinski definition) is 6. The highest BCUT2D eigenvalue weighted by Gasteiger charge is 2.34. The first-order valence-corrected chi connectivity index (χ1v) is 7.27. The van der Waals surface area contributed by atoms with Crippen molar-refractivity contribution in [2.45, 2.75) is 6.10 Å². The third-order valence-electron chi connectivity index (χ3n) is 1.38. The molecule has 0 aliphatic carbocycles. The van der Waals surface area contributed by atoms with E-state index in [1.807, 2.05) is 11.8 Å². The molecule has 0 aromatic rings. The first kappa shape index (κ1) is 16.2. The minimum Gasteiger partial charge on any atom is -0.450 e. The summed E-state index contributed by atoms with van der Waals surface area (Å²) in [6.45, 7) is 1.81. The van der Waals surface area contributed by atoms with Crippen molar-refractivity contribution in [3.05, 3.63) is 0 Å². The second-order valence-electron chi connectivity index (χ2n) is 3.36. The van der Waals surface area contributed by atoms with Gasteiger partial charge in [0.15, 0.2) is 20.6 Å². The maximum absolute atomic E-state index is 11.5. The van der Waals surface area contributed by atoms with Gasteiger partial charge in [-0.3, -0.25) is 4.57 Å². The highest BCUT2D eigenvalue weighted by Crippen LogP contribution is 2.39. The van der Waals surface area contributed by atoms with Crippen molar-refractivity contribution in [1.29, 1.82) is 0 Å². The molecule has 0 unspecified atom stereocenters. The van der Waals surface area contributed by atoms with Crippen LogP contribution in [0.2, 0.25) is 0 Å². The van der Waals surface area contributed by atoms with Crippen LogP contribution in [0.4, 0.5) is 0 Å². The van der Waals surface area contributed by atoms with Crippen molar-refractivity contribution in [2.24, 2.45) is 0 Å². The van der Waals surface area contributed by atoms with Crippen LogP contribution in [0.5, 0.6) is 0 Å². The summed E-state index contributed by atoms with van der Waals surface area (Å²) in [4.78, 5) is 22.9. The fraction of sp³-hybridized carbons (Fsp3) is 0.455. The van der Waals surface area contributed by atoms with Gasteiger partial charge in [-0.2, -0.15) is 0 Å². The Morgan fingerprint density at radius 2 is 1.50 bits per heavy atom. The molecule has 98 valence electrons. The van der Waals surface area contributed by atoms with Crippen LogP contribution < -0.4 is 0 Å². The van der Waals surface area contributed by atoms with E-state index < -0.39 is 25.4 Å². The van der Waals surface area contributed by atoms with Gasteiger partial charge in [0.1, 0.15) is 0 Å². The Morgan fingerprint density at radius 1 is 1.11 bits per heavy atom. The molecule has 0 aromatic carbocycles. The summed E-state index contributed by atoms with van der Waals surface area (Å²) in [5, 5.41) is 0. The van der Waals surface area contributed by atoms with Gasteiger partial charge < -0.3 is 14.0 Å². The molecule has 0 radical (unpaired) electrons. The van der Waals surface area contributed by atoms with Crippen LogP contribution in [0.25, 0.3) is 0 Å². The minimum atomic E-state index is -3.10. The lowest BCUT2D eigenvalue weighted by Gasteiger charge is -2.16. The number of esters is 2. The zero-order chi connectivity index (χ0) is 14.2. The van der Waals surface area contributed by atoms with E-state index in [0.717, 1.165) is 0 Å². The standard InChI is InChI=1S/C11H13O6P/c1-5-7-15-10(12)9(17-18(3,4)14)11(13)16-8-6-2/h1-2,9H,7-8H2,3-4H3.